The Labute approximate surface area is 293 Å². The van der Waals surface area contributed by atoms with Gasteiger partial charge in [0.25, 0.3) is 0 Å². The number of benzene rings is 2. The van der Waals surface area contributed by atoms with Crippen molar-refractivity contribution in [3.05, 3.63) is 95.4 Å². The van der Waals surface area contributed by atoms with Crippen LogP contribution in [0.15, 0.2) is 30.3 Å². The molecule has 36 heavy (non-hydrogen) atoms. The molecule has 3 rings (SSSR count). The molecule has 0 atom stereocenters. The molecular formula is C28H39KN4O2Sm-2. The molecule has 2 aromatic carbocycles. The van der Waals surface area contributed by atoms with Gasteiger partial charge >= 0.3 is 51.4 Å². The normalized spacial score (nSPS) is 9.47. The summed E-state index contributed by atoms with van der Waals surface area (Å²) in [5.74, 6) is 1.43. The minimum atomic E-state index is 0. The van der Waals surface area contributed by atoms with Gasteiger partial charge in [0.05, 0.1) is 12.8 Å². The van der Waals surface area contributed by atoms with Crippen molar-refractivity contribution in [2.75, 3.05) is 12.8 Å². The van der Waals surface area contributed by atoms with Crippen molar-refractivity contribution in [1.82, 2.24) is 9.97 Å². The van der Waals surface area contributed by atoms with Crippen molar-refractivity contribution in [3.8, 4) is 11.6 Å². The Hall–Kier alpha value is -0.276. The van der Waals surface area contributed by atoms with E-state index in [-0.39, 0.29) is 105 Å². The Morgan fingerprint density at radius 3 is 2.11 bits per heavy atom. The average molecular weight is 653 g/mol. The topological polar surface area (TPSA) is 96.3 Å². The molecule has 8 heteroatoms. The Balaban J connectivity index is 0. The zero-order chi connectivity index (χ0) is 24.7. The van der Waals surface area contributed by atoms with Gasteiger partial charge in [-0.1, -0.05) is 38.5 Å². The summed E-state index contributed by atoms with van der Waals surface area (Å²) >= 11 is 0. The van der Waals surface area contributed by atoms with Crippen LogP contribution in [0, 0.1) is 88.5 Å². The average Bonchev–Trinajstić information content (AvgIpc) is 2.76. The van der Waals surface area contributed by atoms with Crippen LogP contribution in [0.2, 0.25) is 0 Å². The summed E-state index contributed by atoms with van der Waals surface area (Å²) in [5, 5.41) is 0. The van der Waals surface area contributed by atoms with Crippen molar-refractivity contribution in [2.24, 2.45) is 5.73 Å². The van der Waals surface area contributed by atoms with Crippen molar-refractivity contribution >= 4 is 5.95 Å². The fourth-order valence-electron chi connectivity index (χ4n) is 4.06. The van der Waals surface area contributed by atoms with Gasteiger partial charge in [0.2, 0.25) is 11.8 Å². The molecule has 0 bridgehead atoms. The summed E-state index contributed by atoms with van der Waals surface area (Å²) in [4.78, 5) is 8.79. The molecule has 4 N–H and O–H groups in total. The van der Waals surface area contributed by atoms with Crippen LogP contribution in [0.5, 0.6) is 11.6 Å². The second-order valence-corrected chi connectivity index (χ2v) is 7.91. The van der Waals surface area contributed by atoms with E-state index in [1.54, 1.807) is 14.0 Å². The molecule has 1 heterocycles. The summed E-state index contributed by atoms with van der Waals surface area (Å²) in [6, 6.07) is 10.3. The molecule has 0 saturated carbocycles. The summed E-state index contributed by atoms with van der Waals surface area (Å²) in [6.45, 7) is 15.6. The second-order valence-electron chi connectivity index (χ2n) is 7.91. The third-order valence-electron chi connectivity index (χ3n) is 5.43. The molecule has 0 radical (unpaired) electrons. The number of rotatable bonds is 7. The number of hydrogen-bond acceptors (Lipinski definition) is 6. The van der Waals surface area contributed by atoms with E-state index in [0.29, 0.717) is 18.8 Å². The number of methoxy groups -OCH3 is 1. The van der Waals surface area contributed by atoms with Crippen LogP contribution in [0.4, 0.5) is 5.95 Å². The van der Waals surface area contributed by atoms with E-state index in [1.165, 1.54) is 5.56 Å². The number of nitrogen functional groups attached to an aromatic ring is 1. The smallest absolute Gasteiger partial charge is 0.506 e. The third kappa shape index (κ3) is 9.79. The number of ether oxygens (including phenoxy) is 2. The third-order valence-corrected chi connectivity index (χ3v) is 5.43. The van der Waals surface area contributed by atoms with E-state index in [4.69, 9.17) is 20.9 Å². The van der Waals surface area contributed by atoms with E-state index < -0.39 is 0 Å². The maximum absolute atomic E-state index is 6.31. The first-order chi connectivity index (χ1) is 15.7. The SMILES string of the molecule is COc1cc(CN)ccc1Cc1c(C)nc(N)nc1O[C-](C)c1c(C)cc(C)cc1C.[CH2-]C.[CH3-].[K+].[Sm]. The van der Waals surface area contributed by atoms with Gasteiger partial charge in [-0.15, -0.1) is 28.8 Å². The Bertz CT molecular complexity index is 1090. The van der Waals surface area contributed by atoms with Crippen LogP contribution >= 0.6 is 0 Å². The first-order valence-corrected chi connectivity index (χ1v) is 11.0. The number of aromatic nitrogens is 2. The van der Waals surface area contributed by atoms with Crippen LogP contribution < -0.4 is 72.3 Å². The van der Waals surface area contributed by atoms with Gasteiger partial charge in [0.1, 0.15) is 5.75 Å². The minimum Gasteiger partial charge on any atom is -0.506 e. The molecule has 0 saturated heterocycles. The largest absolute Gasteiger partial charge is 1.00 e. The quantitative estimate of drug-likeness (QED) is 0.301. The fourth-order valence-corrected chi connectivity index (χ4v) is 4.06. The first kappa shape index (κ1) is 37.9. The number of anilines is 1. The monoisotopic (exact) mass is 654 g/mol. The molecule has 1 aromatic heterocycles. The van der Waals surface area contributed by atoms with E-state index in [0.717, 1.165) is 50.9 Å². The molecule has 0 fully saturated rings. The molecule has 0 unspecified atom stereocenters. The zero-order valence-corrected chi connectivity index (χ0v) is 29.0. The Morgan fingerprint density at radius 2 is 1.58 bits per heavy atom. The standard InChI is InChI=1S/C25H31N4O2.C2H5.CH3.K.Sm/c1-14-9-15(2)23(16(3)10-14)18(5)31-24-21(17(4)28-25(27)29-24)12-20-8-7-19(13-26)11-22(20)30-6;1-2;;;/h7-11H,12-13,26H2,1-6H3,(H2,27,28,29);1H2,2H3;1H3;;/q3*-1;+1;. The zero-order valence-electron chi connectivity index (χ0n) is 23.3. The van der Waals surface area contributed by atoms with Crippen LogP contribution in [0.1, 0.15) is 58.5 Å². The molecule has 6 nitrogen and oxygen atoms in total. The minimum absolute atomic E-state index is 0. The van der Waals surface area contributed by atoms with E-state index in [1.807, 2.05) is 32.0 Å². The van der Waals surface area contributed by atoms with Gasteiger partial charge in [-0.2, -0.15) is 11.9 Å². The fraction of sp³-hybridized carbons (Fsp3) is 0.321. The molecule has 0 aliphatic carbocycles. The second kappa shape index (κ2) is 18.1. The van der Waals surface area contributed by atoms with Crippen molar-refractivity contribution in [1.29, 1.82) is 0 Å². The molecule has 3 aromatic rings. The summed E-state index contributed by atoms with van der Waals surface area (Å²) in [5.41, 5.74) is 20.0. The first-order valence-electron chi connectivity index (χ1n) is 11.0. The summed E-state index contributed by atoms with van der Waals surface area (Å²) < 4.78 is 11.9. The predicted octanol–water partition coefficient (Wildman–Crippen LogP) is 2.62. The molecule has 192 valence electrons. The van der Waals surface area contributed by atoms with E-state index in [9.17, 15) is 0 Å². The van der Waals surface area contributed by atoms with Gasteiger partial charge in [-0.25, -0.2) is 4.98 Å². The number of hydrogen-bond donors (Lipinski definition) is 2. The maximum Gasteiger partial charge on any atom is 1.00 e. The number of nitrogens with two attached hydrogens (primary N) is 2. The summed E-state index contributed by atoms with van der Waals surface area (Å²) in [7, 11) is 1.66. The van der Waals surface area contributed by atoms with Crippen molar-refractivity contribution in [2.45, 2.75) is 54.5 Å². The Kier molecular flexibility index (Phi) is 19.0. The van der Waals surface area contributed by atoms with Gasteiger partial charge in [-0.05, 0) is 37.1 Å². The molecule has 0 amide bonds. The van der Waals surface area contributed by atoms with Crippen LogP contribution in [0.25, 0.3) is 0 Å². The van der Waals surface area contributed by atoms with Gasteiger partial charge in [-0.3, -0.25) is 0 Å². The Morgan fingerprint density at radius 1 is 1.00 bits per heavy atom. The molecule has 0 aliphatic rings. The van der Waals surface area contributed by atoms with E-state index in [2.05, 4.69) is 49.8 Å². The number of nitrogens with zero attached hydrogens (tertiary/aromatic N) is 2. The van der Waals surface area contributed by atoms with Crippen LogP contribution in [-0.2, 0) is 13.0 Å². The van der Waals surface area contributed by atoms with Crippen molar-refractivity contribution in [3.63, 3.8) is 0 Å². The number of aryl methyl sites for hydroxylation is 4. The summed E-state index contributed by atoms with van der Waals surface area (Å²) in [6.07, 6.45) is 1.33. The van der Waals surface area contributed by atoms with Crippen molar-refractivity contribution < 1.29 is 101 Å². The molecule has 0 aliphatic heterocycles. The predicted molar refractivity (Wildman–Crippen MR) is 142 cm³/mol. The maximum atomic E-state index is 6.31. The van der Waals surface area contributed by atoms with Gasteiger partial charge in [0.15, 0.2) is 0 Å². The van der Waals surface area contributed by atoms with Crippen LogP contribution in [0.3, 0.4) is 0 Å². The van der Waals surface area contributed by atoms with Crippen LogP contribution in [-0.4, -0.2) is 17.1 Å². The molecule has 0 spiro atoms. The van der Waals surface area contributed by atoms with E-state index >= 15 is 0 Å². The van der Waals surface area contributed by atoms with Gasteiger partial charge < -0.3 is 35.3 Å². The molecular weight excluding hydrogens is 614 g/mol. The van der Waals surface area contributed by atoms with Gasteiger partial charge in [0, 0.05) is 58.9 Å².